The van der Waals surface area contributed by atoms with Crippen LogP contribution in [0, 0.1) is 18.3 Å². The van der Waals surface area contributed by atoms with Crippen LogP contribution in [-0.4, -0.2) is 9.97 Å². The lowest BCUT2D eigenvalue weighted by atomic mass is 10.2. The molecule has 3 nitrogen and oxygen atoms in total. The van der Waals surface area contributed by atoms with Gasteiger partial charge in [-0.1, -0.05) is 11.8 Å². The number of hydrogen-bond donors (Lipinski definition) is 0. The van der Waals surface area contributed by atoms with E-state index < -0.39 is 0 Å². The highest BCUT2D eigenvalue weighted by Crippen LogP contribution is 2.28. The van der Waals surface area contributed by atoms with Crippen LogP contribution in [0.15, 0.2) is 46.7 Å². The highest BCUT2D eigenvalue weighted by atomic mass is 32.2. The second kappa shape index (κ2) is 4.77. The highest BCUT2D eigenvalue weighted by Gasteiger charge is 2.03. The van der Waals surface area contributed by atoms with Crippen LogP contribution in [0.4, 0.5) is 0 Å². The van der Waals surface area contributed by atoms with E-state index in [0.717, 1.165) is 15.5 Å². The molecule has 0 bridgehead atoms. The van der Waals surface area contributed by atoms with E-state index in [1.54, 1.807) is 30.4 Å². The van der Waals surface area contributed by atoms with Gasteiger partial charge < -0.3 is 0 Å². The van der Waals surface area contributed by atoms with Gasteiger partial charge in [-0.25, -0.2) is 4.98 Å². The lowest BCUT2D eigenvalue weighted by Gasteiger charge is -2.04. The number of aromatic nitrogens is 2. The molecule has 1 heterocycles. The molecule has 1 aromatic heterocycles. The third-order valence-corrected chi connectivity index (χ3v) is 3.16. The van der Waals surface area contributed by atoms with Gasteiger partial charge in [-0.3, -0.25) is 4.98 Å². The second-order valence-electron chi connectivity index (χ2n) is 3.24. The zero-order chi connectivity index (χ0) is 11.4. The number of rotatable bonds is 2. The fourth-order valence-electron chi connectivity index (χ4n) is 1.28. The summed E-state index contributed by atoms with van der Waals surface area (Å²) in [6, 6.07) is 7.74. The smallest absolute Gasteiger partial charge is 0.119 e. The number of nitrogens with zero attached hydrogens (tertiary/aromatic N) is 3. The lowest BCUT2D eigenvalue weighted by Crippen LogP contribution is -1.85. The van der Waals surface area contributed by atoms with Crippen molar-refractivity contribution in [2.45, 2.75) is 16.8 Å². The van der Waals surface area contributed by atoms with Gasteiger partial charge >= 0.3 is 0 Å². The minimum Gasteiger partial charge on any atom is -0.260 e. The van der Waals surface area contributed by atoms with Gasteiger partial charge in [-0.05, 0) is 30.7 Å². The summed E-state index contributed by atoms with van der Waals surface area (Å²) in [5.74, 6) is 0. The molecule has 0 spiro atoms. The molecular formula is C12H9N3S. The quantitative estimate of drug-likeness (QED) is 0.791. The molecule has 4 heteroatoms. The van der Waals surface area contributed by atoms with Gasteiger partial charge in [-0.15, -0.1) is 0 Å². The maximum atomic E-state index is 8.76. The number of hydrogen-bond acceptors (Lipinski definition) is 4. The van der Waals surface area contributed by atoms with Gasteiger partial charge in [0, 0.05) is 17.3 Å². The van der Waals surface area contributed by atoms with E-state index in [1.165, 1.54) is 0 Å². The van der Waals surface area contributed by atoms with Crippen LogP contribution in [0.2, 0.25) is 0 Å². The van der Waals surface area contributed by atoms with E-state index in [4.69, 9.17) is 5.26 Å². The van der Waals surface area contributed by atoms with Gasteiger partial charge in [0.25, 0.3) is 0 Å². The summed E-state index contributed by atoms with van der Waals surface area (Å²) in [4.78, 5) is 9.30. The largest absolute Gasteiger partial charge is 0.260 e. The van der Waals surface area contributed by atoms with E-state index in [0.29, 0.717) is 5.56 Å². The highest BCUT2D eigenvalue weighted by molar-refractivity contribution is 7.99. The molecule has 0 aliphatic carbocycles. The van der Waals surface area contributed by atoms with Crippen molar-refractivity contribution >= 4 is 11.8 Å². The zero-order valence-electron chi connectivity index (χ0n) is 8.71. The predicted octanol–water partition coefficient (Wildman–Crippen LogP) is 2.81. The molecule has 0 saturated carbocycles. The Morgan fingerprint density at radius 3 is 2.81 bits per heavy atom. The topological polar surface area (TPSA) is 49.6 Å². The van der Waals surface area contributed by atoms with E-state index in [9.17, 15) is 0 Å². The first-order valence-electron chi connectivity index (χ1n) is 4.74. The zero-order valence-corrected chi connectivity index (χ0v) is 9.53. The first-order chi connectivity index (χ1) is 7.79. The minimum absolute atomic E-state index is 0.681. The molecule has 2 rings (SSSR count). The Kier molecular flexibility index (Phi) is 3.18. The van der Waals surface area contributed by atoms with Crippen molar-refractivity contribution in [3.63, 3.8) is 0 Å². The monoisotopic (exact) mass is 227 g/mol. The van der Waals surface area contributed by atoms with Crippen LogP contribution in [-0.2, 0) is 0 Å². The summed E-state index contributed by atoms with van der Waals surface area (Å²) in [5.41, 5.74) is 1.76. The van der Waals surface area contributed by atoms with Crippen molar-refractivity contribution in [1.29, 1.82) is 5.26 Å². The number of benzene rings is 1. The Labute approximate surface area is 98.2 Å². The number of aryl methyl sites for hydroxylation is 1. The Morgan fingerprint density at radius 1 is 1.31 bits per heavy atom. The molecule has 2 aromatic rings. The van der Waals surface area contributed by atoms with Gasteiger partial charge in [0.15, 0.2) is 0 Å². The summed E-state index contributed by atoms with van der Waals surface area (Å²) >= 11 is 1.55. The summed E-state index contributed by atoms with van der Waals surface area (Å²) in [5, 5.41) is 9.62. The second-order valence-corrected chi connectivity index (χ2v) is 4.30. The fraction of sp³-hybridized carbons (Fsp3) is 0.0833. The van der Waals surface area contributed by atoms with Gasteiger partial charge in [0.2, 0.25) is 0 Å². The van der Waals surface area contributed by atoms with Crippen molar-refractivity contribution in [3.05, 3.63) is 47.9 Å². The fourth-order valence-corrected chi connectivity index (χ4v) is 2.09. The van der Waals surface area contributed by atoms with Crippen molar-refractivity contribution in [3.8, 4) is 6.07 Å². The summed E-state index contributed by atoms with van der Waals surface area (Å²) < 4.78 is 0. The third kappa shape index (κ3) is 2.38. The first kappa shape index (κ1) is 10.7. The summed E-state index contributed by atoms with van der Waals surface area (Å²) in [6.07, 6.45) is 5.04. The molecule has 0 saturated heterocycles. The Balaban J connectivity index is 2.27. The Hall–Kier alpha value is -1.86. The van der Waals surface area contributed by atoms with Crippen molar-refractivity contribution in [2.24, 2.45) is 0 Å². The molecule has 1 aromatic carbocycles. The molecular weight excluding hydrogens is 218 g/mol. The van der Waals surface area contributed by atoms with Crippen molar-refractivity contribution < 1.29 is 0 Å². The standard InChI is InChI=1S/C12H9N3S/c1-9-6-10(7-13)2-3-11(9)16-12-8-14-4-5-15-12/h2-6,8H,1H3. The summed E-state index contributed by atoms with van der Waals surface area (Å²) in [6.45, 7) is 1.99. The molecule has 0 aliphatic rings. The average Bonchev–Trinajstić information content (AvgIpc) is 2.33. The average molecular weight is 227 g/mol. The molecule has 0 radical (unpaired) electrons. The first-order valence-corrected chi connectivity index (χ1v) is 5.56. The van der Waals surface area contributed by atoms with Crippen LogP contribution in [0.5, 0.6) is 0 Å². The van der Waals surface area contributed by atoms with E-state index in [1.807, 2.05) is 25.1 Å². The molecule has 0 atom stereocenters. The third-order valence-electron chi connectivity index (χ3n) is 2.06. The predicted molar refractivity (Wildman–Crippen MR) is 62.0 cm³/mol. The molecule has 16 heavy (non-hydrogen) atoms. The van der Waals surface area contributed by atoms with E-state index in [2.05, 4.69) is 16.0 Å². The van der Waals surface area contributed by atoms with Gasteiger partial charge in [-0.2, -0.15) is 5.26 Å². The molecule has 0 aliphatic heterocycles. The lowest BCUT2D eigenvalue weighted by molar-refractivity contribution is 1.05. The van der Waals surface area contributed by atoms with E-state index in [-0.39, 0.29) is 0 Å². The molecule has 78 valence electrons. The SMILES string of the molecule is Cc1cc(C#N)ccc1Sc1cnccn1. The number of nitriles is 1. The molecule has 0 N–H and O–H groups in total. The maximum Gasteiger partial charge on any atom is 0.119 e. The maximum absolute atomic E-state index is 8.76. The van der Waals surface area contributed by atoms with Gasteiger partial charge in [0.1, 0.15) is 5.03 Å². The Bertz CT molecular complexity index is 532. The van der Waals surface area contributed by atoms with Crippen LogP contribution in [0.1, 0.15) is 11.1 Å². The van der Waals surface area contributed by atoms with Crippen LogP contribution in [0.3, 0.4) is 0 Å². The molecule has 0 amide bonds. The van der Waals surface area contributed by atoms with Crippen LogP contribution < -0.4 is 0 Å². The normalized spacial score (nSPS) is 9.75. The Morgan fingerprint density at radius 2 is 2.19 bits per heavy atom. The van der Waals surface area contributed by atoms with E-state index >= 15 is 0 Å². The molecule has 0 fully saturated rings. The van der Waals surface area contributed by atoms with Crippen molar-refractivity contribution in [1.82, 2.24) is 9.97 Å². The van der Waals surface area contributed by atoms with Gasteiger partial charge in [0.05, 0.1) is 17.8 Å². The van der Waals surface area contributed by atoms with Crippen LogP contribution in [0.25, 0.3) is 0 Å². The minimum atomic E-state index is 0.681. The molecule has 0 unspecified atom stereocenters. The summed E-state index contributed by atoms with van der Waals surface area (Å²) in [7, 11) is 0. The van der Waals surface area contributed by atoms with Crippen molar-refractivity contribution in [2.75, 3.05) is 0 Å². The van der Waals surface area contributed by atoms with Crippen LogP contribution >= 0.6 is 11.8 Å².